The Bertz CT molecular complexity index is 2120. The van der Waals surface area contributed by atoms with Crippen molar-refractivity contribution in [3.63, 3.8) is 0 Å². The molecule has 2 heteroatoms. The van der Waals surface area contributed by atoms with Gasteiger partial charge in [0.1, 0.15) is 0 Å². The highest BCUT2D eigenvalue weighted by molar-refractivity contribution is 6.15. The van der Waals surface area contributed by atoms with Gasteiger partial charge in [0.2, 0.25) is 0 Å². The smallest absolute Gasteiger partial charge is 0.0759 e. The van der Waals surface area contributed by atoms with Crippen LogP contribution < -0.4 is 5.73 Å². The van der Waals surface area contributed by atoms with Gasteiger partial charge in [-0.25, -0.2) is 4.99 Å². The molecule has 0 unspecified atom stereocenters. The van der Waals surface area contributed by atoms with E-state index in [-0.39, 0.29) is 0 Å². The predicted octanol–water partition coefficient (Wildman–Crippen LogP) is 13.2. The summed E-state index contributed by atoms with van der Waals surface area (Å²) in [5, 5.41) is 2.27. The lowest BCUT2D eigenvalue weighted by atomic mass is 9.90. The van der Waals surface area contributed by atoms with Crippen molar-refractivity contribution < 1.29 is 0 Å². The zero-order chi connectivity index (χ0) is 36.8. The minimum Gasteiger partial charge on any atom is -0.398 e. The third kappa shape index (κ3) is 10.0. The molecule has 5 rings (SSSR count). The van der Waals surface area contributed by atoms with Crippen molar-refractivity contribution in [1.29, 1.82) is 0 Å². The molecule has 256 valence electrons. The Morgan fingerprint density at radius 2 is 1.33 bits per heavy atom. The van der Waals surface area contributed by atoms with Gasteiger partial charge in [0.15, 0.2) is 0 Å². The monoisotopic (exact) mass is 666 g/mol. The van der Waals surface area contributed by atoms with E-state index in [0.29, 0.717) is 11.4 Å². The highest BCUT2D eigenvalue weighted by Gasteiger charge is 2.15. The van der Waals surface area contributed by atoms with Gasteiger partial charge in [-0.2, -0.15) is 0 Å². The Labute approximate surface area is 305 Å². The zero-order valence-corrected chi connectivity index (χ0v) is 30.6. The number of hydrogen-bond acceptors (Lipinski definition) is 2. The molecule has 2 nitrogen and oxygen atoms in total. The molecule has 1 aliphatic rings. The summed E-state index contributed by atoms with van der Waals surface area (Å²) in [5.74, 6) is 0. The summed E-state index contributed by atoms with van der Waals surface area (Å²) in [6.45, 7) is 24.0. The largest absolute Gasteiger partial charge is 0.398 e. The Morgan fingerprint density at radius 3 is 1.90 bits per heavy atom. The number of rotatable bonds is 11. The summed E-state index contributed by atoms with van der Waals surface area (Å²) in [4.78, 5) is 5.12. The molecule has 4 aromatic rings. The molecule has 0 spiro atoms. The standard InChI is InChI=1S/C46H44N2.C3H6/c1-7-8-24-43(32(2)3)45(47)34(5)46(38-22-16-11-17-23-38)48-35(6)39-25-26-41-31-42(28-27-40(41)30-39)44(37-20-14-10-15-21-37)29-33(4)36-18-12-9-13-19-36;1-3-2/h7-9,11-14,16-31H,1,4,6,10,15,47H2,2-3,5H3;3H,1H2,2H3/b24-8-,44-29-,45-34-,48-46?;. The molecule has 0 radical (unpaired) electrons. The molecule has 1 aliphatic carbocycles. The lowest BCUT2D eigenvalue weighted by molar-refractivity contribution is 1.03. The minimum absolute atomic E-state index is 0.671. The summed E-state index contributed by atoms with van der Waals surface area (Å²) in [6.07, 6.45) is 18.5. The van der Waals surface area contributed by atoms with Crippen LogP contribution in [0.3, 0.4) is 0 Å². The Balaban J connectivity index is 0.00000188. The predicted molar refractivity (Wildman–Crippen MR) is 226 cm³/mol. The van der Waals surface area contributed by atoms with Crippen LogP contribution in [-0.2, 0) is 0 Å². The first-order valence-corrected chi connectivity index (χ1v) is 17.4. The van der Waals surface area contributed by atoms with Crippen molar-refractivity contribution in [3.05, 3.63) is 222 Å². The summed E-state index contributed by atoms with van der Waals surface area (Å²) >= 11 is 0. The molecule has 0 aromatic heterocycles. The van der Waals surface area contributed by atoms with Gasteiger partial charge in [0, 0.05) is 16.8 Å². The fourth-order valence-electron chi connectivity index (χ4n) is 5.83. The topological polar surface area (TPSA) is 38.4 Å². The summed E-state index contributed by atoms with van der Waals surface area (Å²) in [6, 6.07) is 33.6. The fourth-order valence-corrected chi connectivity index (χ4v) is 5.83. The molecule has 4 aromatic carbocycles. The van der Waals surface area contributed by atoms with E-state index in [1.165, 1.54) is 11.1 Å². The fraction of sp³-hybridized carbons (Fsp3) is 0.122. The lowest BCUT2D eigenvalue weighted by Crippen LogP contribution is -2.13. The molecule has 0 fully saturated rings. The molecule has 0 amide bonds. The second-order valence-corrected chi connectivity index (χ2v) is 12.6. The average Bonchev–Trinajstić information content (AvgIpc) is 3.16. The van der Waals surface area contributed by atoms with Crippen LogP contribution in [0, 0.1) is 0 Å². The van der Waals surface area contributed by atoms with E-state index in [0.717, 1.165) is 73.9 Å². The van der Waals surface area contributed by atoms with Crippen molar-refractivity contribution in [2.45, 2.75) is 40.5 Å². The normalized spacial score (nSPS) is 13.5. The van der Waals surface area contributed by atoms with Crippen LogP contribution in [0.15, 0.2) is 205 Å². The third-order valence-electron chi connectivity index (χ3n) is 8.53. The SMILES string of the molecule is C=C/C=C\C(=C(C)C)/C(N)=C(\C)C(=NC(=C)c1ccc2cc(/C(=C\C(=C)c3ccccc3)C3=CCCC=C3)ccc2c1)c1ccccc1.C=CC. The first-order chi connectivity index (χ1) is 24.7. The van der Waals surface area contributed by atoms with Crippen molar-refractivity contribution in [2.24, 2.45) is 10.7 Å². The van der Waals surface area contributed by atoms with E-state index in [1.54, 1.807) is 12.2 Å². The van der Waals surface area contributed by atoms with Gasteiger partial charge in [-0.3, -0.25) is 0 Å². The van der Waals surface area contributed by atoms with Crippen molar-refractivity contribution in [1.82, 2.24) is 0 Å². The lowest BCUT2D eigenvalue weighted by Gasteiger charge is -2.16. The van der Waals surface area contributed by atoms with Gasteiger partial charge in [0.05, 0.1) is 11.4 Å². The summed E-state index contributed by atoms with van der Waals surface area (Å²) in [5.41, 5.74) is 19.5. The molecule has 0 bridgehead atoms. The van der Waals surface area contributed by atoms with Gasteiger partial charge in [-0.1, -0.05) is 153 Å². The molecular formula is C49H50N2. The van der Waals surface area contributed by atoms with E-state index in [2.05, 4.69) is 137 Å². The number of nitrogens with zero attached hydrogens (tertiary/aromatic N) is 1. The van der Waals surface area contributed by atoms with Crippen LogP contribution in [0.4, 0.5) is 0 Å². The van der Waals surface area contributed by atoms with Crippen LogP contribution >= 0.6 is 0 Å². The van der Waals surface area contributed by atoms with Crippen LogP contribution in [0.25, 0.3) is 27.6 Å². The van der Waals surface area contributed by atoms with E-state index in [1.807, 2.05) is 50.3 Å². The Kier molecular flexibility index (Phi) is 13.9. The zero-order valence-electron chi connectivity index (χ0n) is 30.6. The highest BCUT2D eigenvalue weighted by Crippen LogP contribution is 2.33. The number of allylic oxidation sites excluding steroid dienone is 13. The maximum absolute atomic E-state index is 6.79. The van der Waals surface area contributed by atoms with Crippen molar-refractivity contribution in [3.8, 4) is 0 Å². The van der Waals surface area contributed by atoms with Crippen LogP contribution in [0.2, 0.25) is 0 Å². The number of aliphatic imine (C=N–C) groups is 1. The molecule has 0 heterocycles. The molecule has 0 aliphatic heterocycles. The van der Waals surface area contributed by atoms with Gasteiger partial charge in [-0.05, 0) is 109 Å². The number of nitrogens with two attached hydrogens (primary N) is 1. The molecule has 2 N–H and O–H groups in total. The average molecular weight is 667 g/mol. The Hall–Kier alpha value is -5.99. The van der Waals surface area contributed by atoms with Gasteiger partial charge in [-0.15, -0.1) is 6.58 Å². The second-order valence-electron chi connectivity index (χ2n) is 12.6. The van der Waals surface area contributed by atoms with E-state index < -0.39 is 0 Å². The van der Waals surface area contributed by atoms with Crippen LogP contribution in [0.1, 0.15) is 62.8 Å². The summed E-state index contributed by atoms with van der Waals surface area (Å²) in [7, 11) is 0. The first kappa shape index (κ1) is 37.8. The second kappa shape index (κ2) is 18.7. The highest BCUT2D eigenvalue weighted by atomic mass is 14.8. The maximum atomic E-state index is 6.79. The quantitative estimate of drug-likeness (QED) is 0.0965. The molecule has 0 atom stereocenters. The van der Waals surface area contributed by atoms with E-state index in [9.17, 15) is 0 Å². The van der Waals surface area contributed by atoms with E-state index in [4.69, 9.17) is 10.7 Å². The van der Waals surface area contributed by atoms with Gasteiger partial charge < -0.3 is 5.73 Å². The van der Waals surface area contributed by atoms with E-state index >= 15 is 0 Å². The van der Waals surface area contributed by atoms with Crippen LogP contribution in [-0.4, -0.2) is 5.71 Å². The Morgan fingerprint density at radius 1 is 0.745 bits per heavy atom. The molecule has 0 saturated heterocycles. The first-order valence-electron chi connectivity index (χ1n) is 17.4. The minimum atomic E-state index is 0.671. The number of benzene rings is 4. The molecular weight excluding hydrogens is 617 g/mol. The molecule has 51 heavy (non-hydrogen) atoms. The number of hydrogen-bond donors (Lipinski definition) is 1. The number of fused-ring (bicyclic) bond motifs is 1. The maximum Gasteiger partial charge on any atom is 0.0759 e. The van der Waals surface area contributed by atoms with Crippen molar-refractivity contribution >= 4 is 33.3 Å². The van der Waals surface area contributed by atoms with Crippen molar-refractivity contribution in [2.75, 3.05) is 0 Å². The van der Waals surface area contributed by atoms with Gasteiger partial charge in [0.25, 0.3) is 0 Å². The summed E-state index contributed by atoms with van der Waals surface area (Å²) < 4.78 is 0. The third-order valence-corrected chi connectivity index (χ3v) is 8.53. The van der Waals surface area contributed by atoms with Gasteiger partial charge >= 0.3 is 0 Å². The molecule has 0 saturated carbocycles. The van der Waals surface area contributed by atoms with Crippen LogP contribution in [0.5, 0.6) is 0 Å².